The van der Waals surface area contributed by atoms with E-state index < -0.39 is 11.6 Å². The van der Waals surface area contributed by atoms with Crippen molar-refractivity contribution in [2.45, 2.75) is 39.2 Å². The molecule has 24 heavy (non-hydrogen) atoms. The molecule has 0 amide bonds. The first-order valence-corrected chi connectivity index (χ1v) is 8.20. The van der Waals surface area contributed by atoms with E-state index in [1.54, 1.807) is 0 Å². The lowest BCUT2D eigenvalue weighted by Crippen LogP contribution is -2.31. The number of hydrogen-bond acceptors (Lipinski definition) is 1. The van der Waals surface area contributed by atoms with Gasteiger partial charge in [0.25, 0.3) is 0 Å². The molecule has 2 nitrogen and oxygen atoms in total. The van der Waals surface area contributed by atoms with Crippen molar-refractivity contribution in [3.8, 4) is 0 Å². The van der Waals surface area contributed by atoms with Gasteiger partial charge >= 0.3 is 0 Å². The third-order valence-corrected chi connectivity index (χ3v) is 4.02. The zero-order chi connectivity index (χ0) is 17.9. The molecule has 0 aliphatic rings. The molecule has 0 radical (unpaired) electrons. The minimum Gasteiger partial charge on any atom is -0.356 e. The molecule has 0 aromatic heterocycles. The van der Waals surface area contributed by atoms with Gasteiger partial charge in [0.2, 0.25) is 0 Å². The monoisotopic (exact) mass is 348 g/mol. The normalized spacial score (nSPS) is 12.6. The van der Waals surface area contributed by atoms with E-state index in [-0.39, 0.29) is 11.5 Å². The summed E-state index contributed by atoms with van der Waals surface area (Å²) in [6.07, 6.45) is 0. The second-order valence-electron chi connectivity index (χ2n) is 6.82. The topological polar surface area (TPSA) is 24.1 Å². The fourth-order valence-electron chi connectivity index (χ4n) is 2.29. The van der Waals surface area contributed by atoms with E-state index in [9.17, 15) is 8.78 Å². The van der Waals surface area contributed by atoms with Gasteiger partial charge in [-0.2, -0.15) is 0 Å². The van der Waals surface area contributed by atoms with Gasteiger partial charge in [0.05, 0.1) is 6.04 Å². The van der Waals surface area contributed by atoms with Gasteiger partial charge in [0.15, 0.2) is 16.7 Å². The van der Waals surface area contributed by atoms with Gasteiger partial charge in [-0.25, -0.2) is 8.78 Å². The van der Waals surface area contributed by atoms with Crippen molar-refractivity contribution in [3.05, 3.63) is 65.2 Å². The van der Waals surface area contributed by atoms with Crippen LogP contribution < -0.4 is 10.6 Å². The fourth-order valence-corrected chi connectivity index (χ4v) is 2.59. The number of anilines is 1. The van der Waals surface area contributed by atoms with Gasteiger partial charge in [0.1, 0.15) is 0 Å². The van der Waals surface area contributed by atoms with Gasteiger partial charge in [-0.1, -0.05) is 45.0 Å². The second kappa shape index (κ2) is 7.26. The molecule has 0 heterocycles. The minimum absolute atomic E-state index is 0.00989. The van der Waals surface area contributed by atoms with Crippen LogP contribution in [-0.2, 0) is 5.41 Å². The number of thiocarbonyl (C=S) groups is 1. The Morgan fingerprint density at radius 3 is 2.17 bits per heavy atom. The molecule has 2 aromatic rings. The minimum atomic E-state index is -0.909. The van der Waals surface area contributed by atoms with Crippen molar-refractivity contribution >= 4 is 23.0 Å². The Morgan fingerprint density at radius 2 is 1.62 bits per heavy atom. The molecule has 2 aromatic carbocycles. The van der Waals surface area contributed by atoms with Crippen LogP contribution >= 0.6 is 12.2 Å². The maximum Gasteiger partial charge on any atom is 0.171 e. The predicted octanol–water partition coefficient (Wildman–Crippen LogP) is 5.31. The molecule has 0 aliphatic heterocycles. The molecule has 5 heteroatoms. The van der Waals surface area contributed by atoms with Crippen LogP contribution in [0.5, 0.6) is 0 Å². The lowest BCUT2D eigenvalue weighted by molar-refractivity contribution is 0.509. The molecule has 0 saturated heterocycles. The lowest BCUT2D eigenvalue weighted by Gasteiger charge is -2.21. The molecule has 2 rings (SSSR count). The van der Waals surface area contributed by atoms with E-state index in [0.29, 0.717) is 10.8 Å². The quantitative estimate of drug-likeness (QED) is 0.735. The molecule has 0 fully saturated rings. The molecule has 0 aliphatic carbocycles. The first-order chi connectivity index (χ1) is 11.2. The summed E-state index contributed by atoms with van der Waals surface area (Å²) in [5.41, 5.74) is 2.87. The van der Waals surface area contributed by atoms with E-state index in [1.807, 2.05) is 6.92 Å². The molecule has 2 N–H and O–H groups in total. The molecular weight excluding hydrogens is 326 g/mol. The second-order valence-corrected chi connectivity index (χ2v) is 7.23. The Morgan fingerprint density at radius 1 is 1.00 bits per heavy atom. The molecule has 128 valence electrons. The van der Waals surface area contributed by atoms with Crippen LogP contribution in [0.15, 0.2) is 42.5 Å². The summed E-state index contributed by atoms with van der Waals surface area (Å²) in [6.45, 7) is 8.50. The van der Waals surface area contributed by atoms with Crippen molar-refractivity contribution in [2.24, 2.45) is 0 Å². The predicted molar refractivity (Wildman–Crippen MR) is 99.3 cm³/mol. The van der Waals surface area contributed by atoms with Crippen LogP contribution in [0.4, 0.5) is 14.5 Å². The summed E-state index contributed by atoms with van der Waals surface area (Å²) in [5.74, 6) is -1.79. The number of hydrogen-bond donors (Lipinski definition) is 2. The number of rotatable bonds is 3. The van der Waals surface area contributed by atoms with Crippen LogP contribution in [0.2, 0.25) is 0 Å². The van der Waals surface area contributed by atoms with Crippen molar-refractivity contribution in [1.82, 2.24) is 5.32 Å². The lowest BCUT2D eigenvalue weighted by atomic mass is 9.86. The maximum absolute atomic E-state index is 13.2. The molecular formula is C19H22F2N2S. The van der Waals surface area contributed by atoms with E-state index >= 15 is 0 Å². The summed E-state index contributed by atoms with van der Waals surface area (Å²) >= 11 is 5.23. The molecule has 1 atom stereocenters. The zero-order valence-electron chi connectivity index (χ0n) is 14.3. The van der Waals surface area contributed by atoms with E-state index in [1.165, 1.54) is 11.6 Å². The summed E-state index contributed by atoms with van der Waals surface area (Å²) in [6, 6.07) is 11.9. The first-order valence-electron chi connectivity index (χ1n) is 7.80. The van der Waals surface area contributed by atoms with Gasteiger partial charge in [-0.3, -0.25) is 0 Å². The summed E-state index contributed by atoms with van der Waals surface area (Å²) in [7, 11) is 0. The number of halogens is 2. The molecule has 0 saturated carbocycles. The Labute approximate surface area is 147 Å². The Balaban J connectivity index is 1.99. The average Bonchev–Trinajstić information content (AvgIpc) is 2.50. The van der Waals surface area contributed by atoms with Gasteiger partial charge in [-0.15, -0.1) is 0 Å². The standard InChI is InChI=1S/C19H22F2N2S/c1-12(13-5-7-14(8-6-13)19(2,3)4)22-18(24)23-15-9-10-16(20)17(21)11-15/h5-12H,1-4H3,(H2,22,23,24). The third kappa shape index (κ3) is 4.74. The van der Waals surface area contributed by atoms with Crippen molar-refractivity contribution in [1.29, 1.82) is 0 Å². The fraction of sp³-hybridized carbons (Fsp3) is 0.316. The zero-order valence-corrected chi connectivity index (χ0v) is 15.1. The van der Waals surface area contributed by atoms with E-state index in [2.05, 4.69) is 55.7 Å². The highest BCUT2D eigenvalue weighted by atomic mass is 32.1. The van der Waals surface area contributed by atoms with E-state index in [0.717, 1.165) is 17.7 Å². The summed E-state index contributed by atoms with van der Waals surface area (Å²) in [4.78, 5) is 0. The average molecular weight is 348 g/mol. The van der Waals surface area contributed by atoms with E-state index in [4.69, 9.17) is 12.2 Å². The van der Waals surface area contributed by atoms with Crippen LogP contribution in [-0.4, -0.2) is 5.11 Å². The van der Waals surface area contributed by atoms with Crippen LogP contribution in [0.1, 0.15) is 44.9 Å². The highest BCUT2D eigenvalue weighted by molar-refractivity contribution is 7.80. The van der Waals surface area contributed by atoms with Crippen molar-refractivity contribution < 1.29 is 8.78 Å². The smallest absolute Gasteiger partial charge is 0.171 e. The number of nitrogens with one attached hydrogen (secondary N) is 2. The van der Waals surface area contributed by atoms with Gasteiger partial charge in [-0.05, 0) is 47.8 Å². The Kier molecular flexibility index (Phi) is 5.54. The number of benzene rings is 2. The van der Waals surface area contributed by atoms with Crippen molar-refractivity contribution in [3.63, 3.8) is 0 Å². The maximum atomic E-state index is 13.2. The van der Waals surface area contributed by atoms with Crippen LogP contribution in [0, 0.1) is 11.6 Å². The Hall–Kier alpha value is -2.01. The molecule has 0 spiro atoms. The first kappa shape index (κ1) is 18.3. The highest BCUT2D eigenvalue weighted by Crippen LogP contribution is 2.24. The third-order valence-electron chi connectivity index (χ3n) is 3.80. The molecule has 0 bridgehead atoms. The summed E-state index contributed by atoms with van der Waals surface area (Å²) in [5, 5.41) is 6.36. The van der Waals surface area contributed by atoms with Crippen LogP contribution in [0.25, 0.3) is 0 Å². The van der Waals surface area contributed by atoms with Gasteiger partial charge < -0.3 is 10.6 Å². The van der Waals surface area contributed by atoms with Crippen molar-refractivity contribution in [2.75, 3.05) is 5.32 Å². The highest BCUT2D eigenvalue weighted by Gasteiger charge is 2.14. The summed E-state index contributed by atoms with van der Waals surface area (Å²) < 4.78 is 26.1. The largest absolute Gasteiger partial charge is 0.356 e. The van der Waals surface area contributed by atoms with Gasteiger partial charge in [0, 0.05) is 11.8 Å². The molecule has 1 unspecified atom stereocenters. The SMILES string of the molecule is CC(NC(=S)Nc1ccc(F)c(F)c1)c1ccc(C(C)(C)C)cc1. The van der Waals surface area contributed by atoms with Crippen LogP contribution in [0.3, 0.4) is 0 Å². The Bertz CT molecular complexity index is 721.